The SMILES string of the molecule is CCOC(OCC)[C@@H]1CSCN1C(=O)[C@@H]1CCCN1C(=O)C1Cc2ccccc2C1. The standard InChI is InChI=1S/C23H32N2O4S/c1-3-28-23(29-4-2)20-14-30-15-25(20)22(27)19-10-7-11-24(19)21(26)18-12-16-8-5-6-9-17(16)13-18/h5-6,8-9,18-20,23H,3-4,7,10-15H2,1-2H3/t19-,20-/m0/s1. The topological polar surface area (TPSA) is 59.1 Å². The van der Waals surface area contributed by atoms with Crippen molar-refractivity contribution in [2.75, 3.05) is 31.4 Å². The molecular formula is C23H32N2O4S. The van der Waals surface area contributed by atoms with Crippen LogP contribution in [0.1, 0.15) is 37.8 Å². The first kappa shape index (κ1) is 21.7. The van der Waals surface area contributed by atoms with Gasteiger partial charge in [-0.3, -0.25) is 9.59 Å². The van der Waals surface area contributed by atoms with E-state index in [4.69, 9.17) is 9.47 Å². The van der Waals surface area contributed by atoms with E-state index < -0.39 is 6.29 Å². The van der Waals surface area contributed by atoms with Gasteiger partial charge in [-0.2, -0.15) is 0 Å². The summed E-state index contributed by atoms with van der Waals surface area (Å²) < 4.78 is 11.6. The van der Waals surface area contributed by atoms with E-state index in [9.17, 15) is 9.59 Å². The molecule has 2 heterocycles. The largest absolute Gasteiger partial charge is 0.351 e. The van der Waals surface area contributed by atoms with Gasteiger partial charge in [-0.15, -0.1) is 11.8 Å². The molecule has 0 radical (unpaired) electrons. The van der Waals surface area contributed by atoms with E-state index >= 15 is 0 Å². The molecule has 6 nitrogen and oxygen atoms in total. The van der Waals surface area contributed by atoms with Crippen LogP contribution in [0.2, 0.25) is 0 Å². The van der Waals surface area contributed by atoms with Crippen molar-refractivity contribution in [2.24, 2.45) is 5.92 Å². The second-order valence-electron chi connectivity index (χ2n) is 8.22. The van der Waals surface area contributed by atoms with Gasteiger partial charge >= 0.3 is 0 Å². The zero-order valence-corrected chi connectivity index (χ0v) is 18.7. The summed E-state index contributed by atoms with van der Waals surface area (Å²) in [5.74, 6) is 1.58. The number of ether oxygens (including phenoxy) is 2. The Morgan fingerprint density at radius 3 is 2.37 bits per heavy atom. The molecule has 0 bridgehead atoms. The normalized spacial score (nSPS) is 24.1. The number of hydrogen-bond donors (Lipinski definition) is 0. The van der Waals surface area contributed by atoms with Crippen molar-refractivity contribution in [2.45, 2.75) is 57.9 Å². The number of benzene rings is 1. The molecule has 1 aromatic rings. The Labute approximate surface area is 183 Å². The lowest BCUT2D eigenvalue weighted by Gasteiger charge is -2.34. The Morgan fingerprint density at radius 2 is 1.73 bits per heavy atom. The van der Waals surface area contributed by atoms with Crippen molar-refractivity contribution in [3.63, 3.8) is 0 Å². The van der Waals surface area contributed by atoms with E-state index in [1.807, 2.05) is 35.8 Å². The monoisotopic (exact) mass is 432 g/mol. The molecule has 0 aromatic heterocycles. The Hall–Kier alpha value is -1.57. The molecule has 1 aromatic carbocycles. The van der Waals surface area contributed by atoms with Crippen molar-refractivity contribution < 1.29 is 19.1 Å². The van der Waals surface area contributed by atoms with Gasteiger partial charge in [0, 0.05) is 31.4 Å². The van der Waals surface area contributed by atoms with Crippen LogP contribution in [-0.2, 0) is 31.9 Å². The van der Waals surface area contributed by atoms with Gasteiger partial charge in [-0.25, -0.2) is 0 Å². The summed E-state index contributed by atoms with van der Waals surface area (Å²) in [6.07, 6.45) is 2.78. The second kappa shape index (κ2) is 9.71. The van der Waals surface area contributed by atoms with E-state index in [-0.39, 0.29) is 29.8 Å². The molecule has 2 saturated heterocycles. The van der Waals surface area contributed by atoms with Crippen LogP contribution in [0.5, 0.6) is 0 Å². The molecule has 4 rings (SSSR count). The summed E-state index contributed by atoms with van der Waals surface area (Å²) in [5.41, 5.74) is 2.54. The second-order valence-corrected chi connectivity index (χ2v) is 9.22. The summed E-state index contributed by atoms with van der Waals surface area (Å²) >= 11 is 1.73. The quantitative estimate of drug-likeness (QED) is 0.620. The Balaban J connectivity index is 1.45. The minimum absolute atomic E-state index is 0.0425. The highest BCUT2D eigenvalue weighted by Crippen LogP contribution is 2.33. The molecule has 3 aliphatic rings. The number of thioether (sulfide) groups is 1. The lowest BCUT2D eigenvalue weighted by molar-refractivity contribution is -0.175. The first-order valence-electron chi connectivity index (χ1n) is 11.1. The van der Waals surface area contributed by atoms with Crippen molar-refractivity contribution in [1.82, 2.24) is 9.80 Å². The first-order valence-corrected chi connectivity index (χ1v) is 12.3. The van der Waals surface area contributed by atoms with Crippen LogP contribution < -0.4 is 0 Å². The Bertz CT molecular complexity index is 742. The Morgan fingerprint density at radius 1 is 1.07 bits per heavy atom. The number of hydrogen-bond acceptors (Lipinski definition) is 5. The molecule has 2 fully saturated rings. The van der Waals surface area contributed by atoms with Crippen LogP contribution >= 0.6 is 11.8 Å². The zero-order chi connectivity index (χ0) is 21.1. The van der Waals surface area contributed by atoms with Crippen LogP contribution in [0.25, 0.3) is 0 Å². The van der Waals surface area contributed by atoms with Crippen molar-refractivity contribution in [3.05, 3.63) is 35.4 Å². The van der Waals surface area contributed by atoms with Crippen LogP contribution in [-0.4, -0.2) is 71.4 Å². The molecule has 30 heavy (non-hydrogen) atoms. The molecule has 2 atom stereocenters. The fourth-order valence-electron chi connectivity index (χ4n) is 4.96. The van der Waals surface area contributed by atoms with Gasteiger partial charge in [0.15, 0.2) is 6.29 Å². The van der Waals surface area contributed by atoms with Crippen molar-refractivity contribution >= 4 is 23.6 Å². The molecule has 0 saturated carbocycles. The smallest absolute Gasteiger partial charge is 0.246 e. The highest BCUT2D eigenvalue weighted by atomic mass is 32.2. The Kier molecular flexibility index (Phi) is 7.01. The summed E-state index contributed by atoms with van der Waals surface area (Å²) in [4.78, 5) is 30.6. The lowest BCUT2D eigenvalue weighted by atomic mass is 10.0. The summed E-state index contributed by atoms with van der Waals surface area (Å²) in [6.45, 7) is 5.65. The number of carbonyl (C=O) groups excluding carboxylic acids is 2. The van der Waals surface area contributed by atoms with Crippen LogP contribution in [0.3, 0.4) is 0 Å². The maximum atomic E-state index is 13.5. The van der Waals surface area contributed by atoms with Crippen LogP contribution in [0.15, 0.2) is 24.3 Å². The predicted octanol–water partition coefficient (Wildman–Crippen LogP) is 2.69. The number of nitrogens with zero attached hydrogens (tertiary/aromatic N) is 2. The number of rotatable bonds is 7. The molecule has 0 spiro atoms. The number of likely N-dealkylation sites (tertiary alicyclic amines) is 1. The summed E-state index contributed by atoms with van der Waals surface area (Å²) in [6, 6.07) is 7.84. The fraction of sp³-hybridized carbons (Fsp3) is 0.652. The van der Waals surface area contributed by atoms with Gasteiger partial charge in [-0.05, 0) is 50.7 Å². The maximum absolute atomic E-state index is 13.5. The molecule has 0 unspecified atom stereocenters. The van der Waals surface area contributed by atoms with Gasteiger partial charge in [-0.1, -0.05) is 24.3 Å². The third-order valence-electron chi connectivity index (χ3n) is 6.40. The molecular weight excluding hydrogens is 400 g/mol. The van der Waals surface area contributed by atoms with Gasteiger partial charge in [0.05, 0.1) is 11.9 Å². The van der Waals surface area contributed by atoms with E-state index in [0.717, 1.165) is 31.4 Å². The van der Waals surface area contributed by atoms with E-state index in [2.05, 4.69) is 12.1 Å². The molecule has 7 heteroatoms. The lowest BCUT2D eigenvalue weighted by Crippen LogP contribution is -2.54. The summed E-state index contributed by atoms with van der Waals surface area (Å²) in [7, 11) is 0. The van der Waals surface area contributed by atoms with E-state index in [1.165, 1.54) is 11.1 Å². The zero-order valence-electron chi connectivity index (χ0n) is 17.9. The fourth-order valence-corrected chi connectivity index (χ4v) is 6.15. The van der Waals surface area contributed by atoms with E-state index in [1.54, 1.807) is 11.8 Å². The maximum Gasteiger partial charge on any atom is 0.246 e. The third-order valence-corrected chi connectivity index (χ3v) is 7.44. The minimum Gasteiger partial charge on any atom is -0.351 e. The van der Waals surface area contributed by atoms with Gasteiger partial charge in [0.1, 0.15) is 6.04 Å². The van der Waals surface area contributed by atoms with Crippen LogP contribution in [0, 0.1) is 5.92 Å². The number of amides is 2. The van der Waals surface area contributed by atoms with Crippen molar-refractivity contribution in [1.29, 1.82) is 0 Å². The molecule has 0 N–H and O–H groups in total. The molecule has 164 valence electrons. The summed E-state index contributed by atoms with van der Waals surface area (Å²) in [5, 5.41) is 0. The van der Waals surface area contributed by atoms with Gasteiger partial charge < -0.3 is 19.3 Å². The highest BCUT2D eigenvalue weighted by Gasteiger charge is 2.44. The average molecular weight is 433 g/mol. The molecule has 2 aliphatic heterocycles. The minimum atomic E-state index is -0.408. The first-order chi connectivity index (χ1) is 14.6. The third kappa shape index (κ3) is 4.25. The van der Waals surface area contributed by atoms with E-state index in [0.29, 0.717) is 25.6 Å². The van der Waals surface area contributed by atoms with Gasteiger partial charge in [0.25, 0.3) is 0 Å². The number of fused-ring (bicyclic) bond motifs is 1. The molecule has 1 aliphatic carbocycles. The highest BCUT2D eigenvalue weighted by molar-refractivity contribution is 7.99. The van der Waals surface area contributed by atoms with Gasteiger partial charge in [0.2, 0.25) is 11.8 Å². The molecule has 2 amide bonds. The average Bonchev–Trinajstić information content (AvgIpc) is 3.51. The number of carbonyl (C=O) groups is 2. The van der Waals surface area contributed by atoms with Crippen molar-refractivity contribution in [3.8, 4) is 0 Å². The van der Waals surface area contributed by atoms with Crippen LogP contribution in [0.4, 0.5) is 0 Å². The predicted molar refractivity (Wildman–Crippen MR) is 117 cm³/mol.